The molecule has 2 aliphatic carbocycles. The van der Waals surface area contributed by atoms with E-state index in [0.717, 1.165) is 6.42 Å². The Labute approximate surface area is 178 Å². The maximum Gasteiger partial charge on any atom is 0.434 e. The summed E-state index contributed by atoms with van der Waals surface area (Å²) in [6, 6.07) is 0. The molecule has 0 aliphatic heterocycles. The lowest BCUT2D eigenvalue weighted by molar-refractivity contribution is -0.313. The van der Waals surface area contributed by atoms with Crippen LogP contribution in [0.4, 0.5) is 26.3 Å². The van der Waals surface area contributed by atoms with Crippen molar-refractivity contribution < 1.29 is 45.4 Å². The van der Waals surface area contributed by atoms with E-state index in [2.05, 4.69) is 46.3 Å². The number of carbonyl (C=O) groups excluding carboxylic acids is 2. The van der Waals surface area contributed by atoms with Gasteiger partial charge in [-0.05, 0) is 47.3 Å². The number of rotatable bonds is 4. The van der Waals surface area contributed by atoms with Crippen LogP contribution >= 0.6 is 0 Å². The first-order valence-electron chi connectivity index (χ1n) is 10.3. The average Bonchev–Trinajstić information content (AvgIpc) is 2.96. The highest BCUT2D eigenvalue weighted by atomic mass is 19.4. The molecule has 0 aromatic carbocycles. The Bertz CT molecular complexity index is 677. The molecule has 2 aliphatic rings. The summed E-state index contributed by atoms with van der Waals surface area (Å²) in [4.78, 5) is 24.2. The lowest BCUT2D eigenvalue weighted by Crippen LogP contribution is -2.47. The first-order valence-corrected chi connectivity index (χ1v) is 10.3. The van der Waals surface area contributed by atoms with E-state index in [9.17, 15) is 35.9 Å². The van der Waals surface area contributed by atoms with Crippen LogP contribution in [-0.4, -0.2) is 37.0 Å². The van der Waals surface area contributed by atoms with Crippen molar-refractivity contribution in [3.8, 4) is 0 Å². The average molecular weight is 460 g/mol. The molecule has 2 fully saturated rings. The molecule has 2 saturated carbocycles. The van der Waals surface area contributed by atoms with Crippen molar-refractivity contribution >= 4 is 11.9 Å². The van der Waals surface area contributed by atoms with Crippen LogP contribution in [0.2, 0.25) is 0 Å². The third-order valence-corrected chi connectivity index (χ3v) is 7.25. The molecule has 31 heavy (non-hydrogen) atoms. The molecular weight excluding hydrogens is 430 g/mol. The summed E-state index contributed by atoms with van der Waals surface area (Å²) in [7, 11) is 0. The van der Waals surface area contributed by atoms with Gasteiger partial charge in [-0.3, -0.25) is 4.79 Å². The van der Waals surface area contributed by atoms with Gasteiger partial charge in [0.1, 0.15) is 0 Å². The largest absolute Gasteiger partial charge is 0.453 e. The molecule has 0 heterocycles. The van der Waals surface area contributed by atoms with Gasteiger partial charge in [-0.25, -0.2) is 4.79 Å². The zero-order valence-corrected chi connectivity index (χ0v) is 18.5. The molecule has 4 nitrogen and oxygen atoms in total. The molecule has 10 heteroatoms. The summed E-state index contributed by atoms with van der Waals surface area (Å²) in [5.41, 5.74) is -0.230. The van der Waals surface area contributed by atoms with Gasteiger partial charge in [-0.15, -0.1) is 0 Å². The van der Waals surface area contributed by atoms with Gasteiger partial charge in [-0.1, -0.05) is 41.5 Å². The van der Waals surface area contributed by atoms with E-state index in [1.54, 1.807) is 0 Å². The van der Waals surface area contributed by atoms with Crippen LogP contribution < -0.4 is 0 Å². The minimum atomic E-state index is -5.82. The van der Waals surface area contributed by atoms with Gasteiger partial charge in [0.15, 0.2) is 6.61 Å². The highest BCUT2D eigenvalue weighted by Crippen LogP contribution is 2.63. The minimum absolute atomic E-state index is 0.000867. The van der Waals surface area contributed by atoms with E-state index < -0.39 is 42.9 Å². The number of alkyl halides is 6. The summed E-state index contributed by atoms with van der Waals surface area (Å²) in [6.07, 6.45) is -14.6. The number of fused-ring (bicyclic) bond motifs is 2. The van der Waals surface area contributed by atoms with Gasteiger partial charge < -0.3 is 9.47 Å². The Morgan fingerprint density at radius 1 is 1.00 bits per heavy atom. The number of ether oxygens (including phenoxy) is 2. The quantitative estimate of drug-likeness (QED) is 0.408. The molecule has 5 atom stereocenters. The molecule has 0 amide bonds. The highest BCUT2D eigenvalue weighted by Gasteiger charge is 2.61. The van der Waals surface area contributed by atoms with Gasteiger partial charge in [0.05, 0.1) is 5.92 Å². The molecule has 0 spiro atoms. The van der Waals surface area contributed by atoms with Crippen LogP contribution in [0, 0.1) is 40.4 Å². The van der Waals surface area contributed by atoms with Crippen molar-refractivity contribution in [2.75, 3.05) is 6.61 Å². The van der Waals surface area contributed by atoms with Gasteiger partial charge in [0, 0.05) is 0 Å². The van der Waals surface area contributed by atoms with Crippen LogP contribution in [0.1, 0.15) is 54.4 Å². The predicted molar refractivity (Wildman–Crippen MR) is 98.5 cm³/mol. The summed E-state index contributed by atoms with van der Waals surface area (Å²) < 4.78 is 83.5. The van der Waals surface area contributed by atoms with Crippen LogP contribution in [-0.2, 0) is 19.1 Å². The van der Waals surface area contributed by atoms with E-state index in [0.29, 0.717) is 18.3 Å². The Hall–Kier alpha value is -1.48. The third kappa shape index (κ3) is 5.30. The molecule has 0 aromatic heterocycles. The Balaban J connectivity index is 2.06. The highest BCUT2D eigenvalue weighted by molar-refractivity contribution is 5.78. The molecule has 2 bridgehead atoms. The van der Waals surface area contributed by atoms with Crippen LogP contribution in [0.5, 0.6) is 0 Å². The lowest BCUT2D eigenvalue weighted by atomic mass is 9.53. The fourth-order valence-electron chi connectivity index (χ4n) is 5.84. The number of hydrogen-bond acceptors (Lipinski definition) is 4. The summed E-state index contributed by atoms with van der Waals surface area (Å²) in [6.45, 7) is 11.4. The molecule has 180 valence electrons. The monoisotopic (exact) mass is 460 g/mol. The zero-order chi connectivity index (χ0) is 24.2. The summed E-state index contributed by atoms with van der Waals surface area (Å²) in [5.74, 6) is -2.42. The van der Waals surface area contributed by atoms with Crippen molar-refractivity contribution in [2.45, 2.75) is 72.8 Å². The van der Waals surface area contributed by atoms with E-state index >= 15 is 0 Å². The van der Waals surface area contributed by atoms with Crippen molar-refractivity contribution in [3.05, 3.63) is 0 Å². The van der Waals surface area contributed by atoms with Gasteiger partial charge >= 0.3 is 24.3 Å². The van der Waals surface area contributed by atoms with E-state index in [4.69, 9.17) is 4.74 Å². The molecule has 5 unspecified atom stereocenters. The zero-order valence-electron chi connectivity index (χ0n) is 18.5. The SMILES string of the molecule is CC1C(C(C)(C)C)C2CC(C(=O)OCC(=O)OC(C(F)(F)F)C(F)(F)F)C(C2)C1(C)C. The Morgan fingerprint density at radius 3 is 1.97 bits per heavy atom. The molecule has 0 N–H and O–H groups in total. The number of halogens is 6. The first kappa shape index (κ1) is 25.8. The number of esters is 2. The van der Waals surface area contributed by atoms with Crippen LogP contribution in [0.25, 0.3) is 0 Å². The maximum absolute atomic E-state index is 12.6. The first-order chi connectivity index (χ1) is 13.8. The smallest absolute Gasteiger partial charge is 0.434 e. The summed E-state index contributed by atoms with van der Waals surface area (Å²) in [5, 5.41) is 0. The molecule has 0 aromatic rings. The van der Waals surface area contributed by atoms with Crippen LogP contribution in [0.15, 0.2) is 0 Å². The molecule has 2 rings (SSSR count). The second-order valence-corrected chi connectivity index (χ2v) is 10.5. The van der Waals surface area contributed by atoms with Gasteiger partial charge in [0.25, 0.3) is 6.10 Å². The van der Waals surface area contributed by atoms with Crippen molar-refractivity contribution in [3.63, 3.8) is 0 Å². The van der Waals surface area contributed by atoms with Crippen molar-refractivity contribution in [1.82, 2.24) is 0 Å². The van der Waals surface area contributed by atoms with E-state index in [-0.39, 0.29) is 22.7 Å². The van der Waals surface area contributed by atoms with E-state index in [1.165, 1.54) is 0 Å². The Kier molecular flexibility index (Phi) is 6.77. The topological polar surface area (TPSA) is 52.6 Å². The Morgan fingerprint density at radius 2 is 1.52 bits per heavy atom. The molecule has 0 radical (unpaired) electrons. The van der Waals surface area contributed by atoms with Crippen LogP contribution in [0.3, 0.4) is 0 Å². The fourth-order valence-corrected chi connectivity index (χ4v) is 5.84. The number of hydrogen-bond donors (Lipinski definition) is 0. The number of carbonyl (C=O) groups is 2. The van der Waals surface area contributed by atoms with Crippen molar-refractivity contribution in [1.29, 1.82) is 0 Å². The van der Waals surface area contributed by atoms with Crippen molar-refractivity contribution in [2.24, 2.45) is 40.4 Å². The minimum Gasteiger partial charge on any atom is -0.453 e. The normalized spacial score (nSPS) is 30.9. The van der Waals surface area contributed by atoms with E-state index in [1.807, 2.05) is 0 Å². The standard InChI is InChI=1S/C21H30F6O4/c1-10-15(18(2,3)4)11-7-12(13(8-11)19(10,5)6)16(29)30-9-14(28)31-17(20(22,23)24)21(25,26)27/h10-13,15,17H,7-9H2,1-6H3. The second-order valence-electron chi connectivity index (χ2n) is 10.5. The van der Waals surface area contributed by atoms with Gasteiger partial charge in [0.2, 0.25) is 0 Å². The fraction of sp³-hybridized carbons (Fsp3) is 0.905. The lowest BCUT2D eigenvalue weighted by Gasteiger charge is -2.52. The third-order valence-electron chi connectivity index (χ3n) is 7.25. The summed E-state index contributed by atoms with van der Waals surface area (Å²) >= 11 is 0. The molecular formula is C21H30F6O4. The second kappa shape index (κ2) is 8.14. The molecule has 0 saturated heterocycles. The predicted octanol–water partition coefficient (Wildman–Crippen LogP) is 5.55. The van der Waals surface area contributed by atoms with Gasteiger partial charge in [-0.2, -0.15) is 26.3 Å². The maximum atomic E-state index is 12.6.